The second kappa shape index (κ2) is 13.0. The molecule has 0 saturated heterocycles. The van der Waals surface area contributed by atoms with Gasteiger partial charge >= 0.3 is 5.97 Å². The number of carbonyl (C=O) groups is 1. The lowest BCUT2D eigenvalue weighted by Crippen LogP contribution is -2.32. The molecular formula is C22H29NO4. The van der Waals surface area contributed by atoms with E-state index in [2.05, 4.69) is 4.90 Å². The highest BCUT2D eigenvalue weighted by atomic mass is 16.5. The van der Waals surface area contributed by atoms with E-state index in [9.17, 15) is 4.79 Å². The predicted octanol–water partition coefficient (Wildman–Crippen LogP) is 3.59. The summed E-state index contributed by atoms with van der Waals surface area (Å²) in [6.07, 6.45) is 0.818. The second-order valence-electron chi connectivity index (χ2n) is 6.42. The van der Waals surface area contributed by atoms with Crippen molar-refractivity contribution < 1.29 is 19.4 Å². The summed E-state index contributed by atoms with van der Waals surface area (Å²) >= 11 is 0. The average molecular weight is 371 g/mol. The quantitative estimate of drug-likeness (QED) is 0.514. The Hall–Kier alpha value is -2.21. The summed E-state index contributed by atoms with van der Waals surface area (Å²) in [7, 11) is 0. The predicted molar refractivity (Wildman–Crippen MR) is 106 cm³/mol. The second-order valence-corrected chi connectivity index (χ2v) is 6.42. The zero-order chi connectivity index (χ0) is 19.2. The summed E-state index contributed by atoms with van der Waals surface area (Å²) in [5.41, 5.74) is 2.31. The lowest BCUT2D eigenvalue weighted by molar-refractivity contribution is -0.137. The molecule has 0 aliphatic carbocycles. The molecule has 0 saturated carbocycles. The van der Waals surface area contributed by atoms with Crippen LogP contribution in [0.3, 0.4) is 0 Å². The molecule has 146 valence electrons. The lowest BCUT2D eigenvalue weighted by atomic mass is 10.2. The molecule has 0 fully saturated rings. The van der Waals surface area contributed by atoms with E-state index in [1.165, 1.54) is 0 Å². The molecular weight excluding hydrogens is 342 g/mol. The molecule has 0 aliphatic rings. The van der Waals surface area contributed by atoms with E-state index in [1.807, 2.05) is 60.7 Å². The van der Waals surface area contributed by atoms with Crippen LogP contribution in [-0.2, 0) is 27.5 Å². The molecule has 0 bridgehead atoms. The van der Waals surface area contributed by atoms with Gasteiger partial charge in [-0.05, 0) is 24.1 Å². The van der Waals surface area contributed by atoms with Gasteiger partial charge in [0.05, 0.1) is 26.4 Å². The van der Waals surface area contributed by atoms with Crippen LogP contribution >= 0.6 is 0 Å². The maximum absolute atomic E-state index is 10.7. The van der Waals surface area contributed by atoms with E-state index in [-0.39, 0.29) is 6.42 Å². The molecule has 0 heterocycles. The van der Waals surface area contributed by atoms with Crippen molar-refractivity contribution in [2.75, 3.05) is 32.8 Å². The van der Waals surface area contributed by atoms with Crippen molar-refractivity contribution in [2.24, 2.45) is 0 Å². The Morgan fingerprint density at radius 1 is 0.778 bits per heavy atom. The van der Waals surface area contributed by atoms with E-state index < -0.39 is 5.97 Å². The molecule has 2 rings (SSSR count). The number of benzene rings is 2. The molecule has 2 aromatic rings. The van der Waals surface area contributed by atoms with Gasteiger partial charge in [0, 0.05) is 19.5 Å². The normalized spacial score (nSPS) is 11.0. The third-order valence-corrected chi connectivity index (χ3v) is 4.19. The van der Waals surface area contributed by atoms with Gasteiger partial charge < -0.3 is 14.6 Å². The first-order valence-electron chi connectivity index (χ1n) is 9.41. The van der Waals surface area contributed by atoms with Crippen LogP contribution in [0.4, 0.5) is 0 Å². The van der Waals surface area contributed by atoms with Crippen molar-refractivity contribution >= 4 is 5.97 Å². The number of ether oxygens (including phenoxy) is 2. The standard InChI is InChI=1S/C22H29NO4/c24-22(25)12-7-13-23(14-16-26-18-20-8-3-1-4-9-20)15-17-27-19-21-10-5-2-6-11-21/h1-6,8-11H,7,12-19H2,(H,24,25). The van der Waals surface area contributed by atoms with Crippen LogP contribution in [0, 0.1) is 0 Å². The lowest BCUT2D eigenvalue weighted by Gasteiger charge is -2.22. The zero-order valence-electron chi connectivity index (χ0n) is 15.8. The summed E-state index contributed by atoms with van der Waals surface area (Å²) in [6, 6.07) is 20.2. The topological polar surface area (TPSA) is 59.0 Å². The van der Waals surface area contributed by atoms with Gasteiger partial charge in [0.15, 0.2) is 0 Å². The van der Waals surface area contributed by atoms with Crippen molar-refractivity contribution in [3.63, 3.8) is 0 Å². The molecule has 0 aliphatic heterocycles. The van der Waals surface area contributed by atoms with E-state index in [0.29, 0.717) is 32.8 Å². The molecule has 0 aromatic heterocycles. The molecule has 27 heavy (non-hydrogen) atoms. The van der Waals surface area contributed by atoms with Crippen LogP contribution in [0.5, 0.6) is 0 Å². The Morgan fingerprint density at radius 3 is 1.70 bits per heavy atom. The highest BCUT2D eigenvalue weighted by Crippen LogP contribution is 2.03. The fraction of sp³-hybridized carbons (Fsp3) is 0.409. The fourth-order valence-corrected chi connectivity index (χ4v) is 2.71. The summed E-state index contributed by atoms with van der Waals surface area (Å²) in [4.78, 5) is 13.0. The SMILES string of the molecule is O=C(O)CCCN(CCOCc1ccccc1)CCOCc1ccccc1. The minimum absolute atomic E-state index is 0.187. The van der Waals surface area contributed by atoms with Crippen LogP contribution in [-0.4, -0.2) is 48.8 Å². The smallest absolute Gasteiger partial charge is 0.303 e. The Morgan fingerprint density at radius 2 is 1.26 bits per heavy atom. The summed E-state index contributed by atoms with van der Waals surface area (Å²) in [5.74, 6) is -0.754. The zero-order valence-corrected chi connectivity index (χ0v) is 15.8. The molecule has 0 atom stereocenters. The highest BCUT2D eigenvalue weighted by Gasteiger charge is 2.07. The Balaban J connectivity index is 1.66. The van der Waals surface area contributed by atoms with Crippen molar-refractivity contribution in [1.29, 1.82) is 0 Å². The largest absolute Gasteiger partial charge is 0.481 e. The van der Waals surface area contributed by atoms with Gasteiger partial charge in [-0.3, -0.25) is 9.69 Å². The van der Waals surface area contributed by atoms with Crippen molar-refractivity contribution in [3.8, 4) is 0 Å². The Labute approximate surface area is 161 Å². The first kappa shape index (κ1) is 21.1. The van der Waals surface area contributed by atoms with E-state index in [4.69, 9.17) is 14.6 Å². The maximum atomic E-state index is 10.7. The third kappa shape index (κ3) is 9.89. The van der Waals surface area contributed by atoms with E-state index in [0.717, 1.165) is 30.8 Å². The summed E-state index contributed by atoms with van der Waals surface area (Å²) in [5, 5.41) is 8.84. The van der Waals surface area contributed by atoms with Crippen LogP contribution in [0.15, 0.2) is 60.7 Å². The number of carboxylic acid groups (broad SMARTS) is 1. The van der Waals surface area contributed by atoms with Crippen LogP contribution < -0.4 is 0 Å². The van der Waals surface area contributed by atoms with Crippen molar-refractivity contribution in [3.05, 3.63) is 71.8 Å². The maximum Gasteiger partial charge on any atom is 0.303 e. The van der Waals surface area contributed by atoms with E-state index in [1.54, 1.807) is 0 Å². The number of carboxylic acids is 1. The third-order valence-electron chi connectivity index (χ3n) is 4.19. The Kier molecular flexibility index (Phi) is 10.2. The fourth-order valence-electron chi connectivity index (χ4n) is 2.71. The molecule has 0 spiro atoms. The number of rotatable bonds is 14. The summed E-state index contributed by atoms with van der Waals surface area (Å²) in [6.45, 7) is 4.67. The van der Waals surface area contributed by atoms with Gasteiger partial charge in [0.25, 0.3) is 0 Å². The molecule has 5 nitrogen and oxygen atoms in total. The highest BCUT2D eigenvalue weighted by molar-refractivity contribution is 5.66. The van der Waals surface area contributed by atoms with Gasteiger partial charge in [0.2, 0.25) is 0 Å². The number of nitrogens with zero attached hydrogens (tertiary/aromatic N) is 1. The first-order chi connectivity index (χ1) is 13.2. The van der Waals surface area contributed by atoms with Gasteiger partial charge in [-0.1, -0.05) is 60.7 Å². The van der Waals surface area contributed by atoms with Crippen LogP contribution in [0.2, 0.25) is 0 Å². The van der Waals surface area contributed by atoms with Crippen molar-refractivity contribution in [1.82, 2.24) is 4.90 Å². The number of hydrogen-bond donors (Lipinski definition) is 1. The molecule has 0 amide bonds. The summed E-state index contributed by atoms with van der Waals surface area (Å²) < 4.78 is 11.5. The molecule has 0 unspecified atom stereocenters. The minimum atomic E-state index is -0.754. The molecule has 1 N–H and O–H groups in total. The van der Waals surface area contributed by atoms with Crippen LogP contribution in [0.1, 0.15) is 24.0 Å². The van der Waals surface area contributed by atoms with Gasteiger partial charge in [-0.25, -0.2) is 0 Å². The Bertz CT molecular complexity index is 586. The number of aliphatic carboxylic acids is 1. The minimum Gasteiger partial charge on any atom is -0.481 e. The average Bonchev–Trinajstić information content (AvgIpc) is 2.69. The van der Waals surface area contributed by atoms with Crippen molar-refractivity contribution in [2.45, 2.75) is 26.1 Å². The monoisotopic (exact) mass is 371 g/mol. The first-order valence-corrected chi connectivity index (χ1v) is 9.41. The van der Waals surface area contributed by atoms with Crippen LogP contribution in [0.25, 0.3) is 0 Å². The van der Waals surface area contributed by atoms with E-state index >= 15 is 0 Å². The number of hydrogen-bond acceptors (Lipinski definition) is 4. The molecule has 2 aromatic carbocycles. The molecule has 5 heteroatoms. The molecule has 0 radical (unpaired) electrons. The van der Waals surface area contributed by atoms with Gasteiger partial charge in [0.1, 0.15) is 0 Å². The van der Waals surface area contributed by atoms with Gasteiger partial charge in [-0.15, -0.1) is 0 Å². The van der Waals surface area contributed by atoms with Gasteiger partial charge in [-0.2, -0.15) is 0 Å².